The van der Waals surface area contributed by atoms with Crippen LogP contribution in [-0.4, -0.2) is 5.11 Å². The molecule has 0 radical (unpaired) electrons. The van der Waals surface area contributed by atoms with Crippen molar-refractivity contribution in [2.24, 2.45) is 5.92 Å². The molecule has 1 fully saturated rings. The maximum absolute atomic E-state index is 10.2. The Hall–Kier alpha value is -0.530. The van der Waals surface area contributed by atoms with E-state index in [0.717, 1.165) is 22.6 Å². The summed E-state index contributed by atoms with van der Waals surface area (Å²) in [7, 11) is 0. The van der Waals surface area contributed by atoms with Crippen molar-refractivity contribution < 1.29 is 5.11 Å². The first-order valence-corrected chi connectivity index (χ1v) is 6.49. The molecule has 1 unspecified atom stereocenters. The highest BCUT2D eigenvalue weighted by molar-refractivity contribution is 6.32. The minimum absolute atomic E-state index is 0.393. The zero-order valence-corrected chi connectivity index (χ0v) is 10.5. The fourth-order valence-corrected chi connectivity index (χ4v) is 2.87. The van der Waals surface area contributed by atoms with Gasteiger partial charge in [-0.1, -0.05) is 55.5 Å². The highest BCUT2D eigenvalue weighted by Gasteiger charge is 2.21. The Bertz CT molecular complexity index is 356. The summed E-state index contributed by atoms with van der Waals surface area (Å²) in [6.45, 7) is 1.98. The van der Waals surface area contributed by atoms with Crippen LogP contribution in [0.1, 0.15) is 49.3 Å². The van der Waals surface area contributed by atoms with Gasteiger partial charge in [-0.2, -0.15) is 0 Å². The molecule has 0 bridgehead atoms. The quantitative estimate of drug-likeness (QED) is 0.834. The van der Waals surface area contributed by atoms with E-state index in [1.54, 1.807) is 0 Å². The third-order valence-electron chi connectivity index (χ3n) is 3.61. The topological polar surface area (TPSA) is 20.2 Å². The van der Waals surface area contributed by atoms with Gasteiger partial charge in [-0.3, -0.25) is 0 Å². The van der Waals surface area contributed by atoms with E-state index in [9.17, 15) is 5.11 Å². The minimum Gasteiger partial charge on any atom is -0.388 e. The van der Waals surface area contributed by atoms with Crippen molar-refractivity contribution >= 4 is 11.6 Å². The van der Waals surface area contributed by atoms with E-state index in [-0.39, 0.29) is 0 Å². The van der Waals surface area contributed by atoms with Gasteiger partial charge in [0.2, 0.25) is 0 Å². The van der Waals surface area contributed by atoms with Crippen molar-refractivity contribution in [3.63, 3.8) is 0 Å². The second-order valence-corrected chi connectivity index (χ2v) is 5.26. The van der Waals surface area contributed by atoms with Crippen molar-refractivity contribution in [1.82, 2.24) is 0 Å². The Kier molecular flexibility index (Phi) is 3.88. The van der Waals surface area contributed by atoms with E-state index in [2.05, 4.69) is 0 Å². The normalized spacial score (nSPS) is 18.9. The lowest BCUT2D eigenvalue weighted by Gasteiger charge is -2.17. The van der Waals surface area contributed by atoms with Crippen LogP contribution in [0.3, 0.4) is 0 Å². The monoisotopic (exact) mass is 238 g/mol. The van der Waals surface area contributed by atoms with Gasteiger partial charge in [0.05, 0.1) is 6.10 Å². The number of rotatable bonds is 3. The van der Waals surface area contributed by atoms with E-state index < -0.39 is 6.10 Å². The molecule has 0 heterocycles. The number of benzene rings is 1. The van der Waals surface area contributed by atoms with Gasteiger partial charge in [-0.05, 0) is 30.4 Å². The molecule has 0 amide bonds. The summed E-state index contributed by atoms with van der Waals surface area (Å²) in [6, 6.07) is 5.89. The fourth-order valence-electron chi connectivity index (χ4n) is 2.62. The maximum atomic E-state index is 10.2. The van der Waals surface area contributed by atoms with E-state index in [4.69, 9.17) is 11.6 Å². The highest BCUT2D eigenvalue weighted by Crippen LogP contribution is 2.35. The molecular weight excluding hydrogens is 220 g/mol. The van der Waals surface area contributed by atoms with Crippen molar-refractivity contribution in [3.05, 3.63) is 34.3 Å². The summed E-state index contributed by atoms with van der Waals surface area (Å²) < 4.78 is 0. The third-order valence-corrected chi connectivity index (χ3v) is 4.13. The Morgan fingerprint density at radius 2 is 2.06 bits per heavy atom. The average Bonchev–Trinajstić information content (AvgIpc) is 2.74. The number of aryl methyl sites for hydroxylation is 1. The van der Waals surface area contributed by atoms with Crippen molar-refractivity contribution in [1.29, 1.82) is 0 Å². The smallest absolute Gasteiger partial charge is 0.0807 e. The SMILES string of the molecule is Cc1cccc(C(O)CC2CCCC2)c1Cl. The third kappa shape index (κ3) is 2.58. The molecule has 1 atom stereocenters. The molecule has 1 saturated carbocycles. The average molecular weight is 239 g/mol. The number of halogens is 1. The van der Waals surface area contributed by atoms with Gasteiger partial charge in [-0.15, -0.1) is 0 Å². The van der Waals surface area contributed by atoms with E-state index in [0.29, 0.717) is 5.92 Å². The van der Waals surface area contributed by atoms with Crippen molar-refractivity contribution in [2.45, 2.75) is 45.1 Å². The lowest BCUT2D eigenvalue weighted by molar-refractivity contribution is 0.145. The van der Waals surface area contributed by atoms with Crippen LogP contribution in [0.2, 0.25) is 5.02 Å². The zero-order valence-electron chi connectivity index (χ0n) is 9.75. The Labute approximate surface area is 102 Å². The van der Waals surface area contributed by atoms with Crippen LogP contribution in [0.15, 0.2) is 18.2 Å². The summed E-state index contributed by atoms with van der Waals surface area (Å²) in [5.41, 5.74) is 1.94. The van der Waals surface area contributed by atoms with Crippen molar-refractivity contribution in [3.8, 4) is 0 Å². The zero-order chi connectivity index (χ0) is 11.5. The van der Waals surface area contributed by atoms with Gasteiger partial charge in [0, 0.05) is 5.02 Å². The van der Waals surface area contributed by atoms with Gasteiger partial charge in [0.15, 0.2) is 0 Å². The second-order valence-electron chi connectivity index (χ2n) is 4.88. The molecule has 1 aromatic rings. The maximum Gasteiger partial charge on any atom is 0.0807 e. The standard InChI is InChI=1S/C14H19ClO/c1-10-5-4-8-12(14(10)15)13(16)9-11-6-2-3-7-11/h4-5,8,11,13,16H,2-3,6-7,9H2,1H3. The lowest BCUT2D eigenvalue weighted by Crippen LogP contribution is -2.05. The molecule has 0 aromatic heterocycles. The Morgan fingerprint density at radius 3 is 2.75 bits per heavy atom. The van der Waals surface area contributed by atoms with Gasteiger partial charge >= 0.3 is 0 Å². The summed E-state index contributed by atoms with van der Waals surface area (Å²) >= 11 is 6.21. The molecule has 0 spiro atoms. The van der Waals surface area contributed by atoms with Crippen LogP contribution in [0, 0.1) is 12.8 Å². The van der Waals surface area contributed by atoms with Crippen LogP contribution < -0.4 is 0 Å². The first kappa shape index (κ1) is 11.9. The first-order chi connectivity index (χ1) is 7.68. The molecule has 1 aromatic carbocycles. The van der Waals surface area contributed by atoms with E-state index in [1.165, 1.54) is 25.7 Å². The van der Waals surface area contributed by atoms with Crippen LogP contribution in [0.4, 0.5) is 0 Å². The molecule has 1 aliphatic rings. The van der Waals surface area contributed by atoms with Crippen LogP contribution in [0.5, 0.6) is 0 Å². The predicted octanol–water partition coefficient (Wildman–Crippen LogP) is 4.26. The fraction of sp³-hybridized carbons (Fsp3) is 0.571. The Balaban J connectivity index is 2.07. The molecule has 1 N–H and O–H groups in total. The molecule has 1 nitrogen and oxygen atoms in total. The molecule has 0 aliphatic heterocycles. The summed E-state index contributed by atoms with van der Waals surface area (Å²) in [6.07, 6.45) is 5.64. The van der Waals surface area contributed by atoms with Crippen molar-refractivity contribution in [2.75, 3.05) is 0 Å². The van der Waals surface area contributed by atoms with Gasteiger partial charge in [0.25, 0.3) is 0 Å². The highest BCUT2D eigenvalue weighted by atomic mass is 35.5. The molecule has 1 aliphatic carbocycles. The number of aliphatic hydroxyl groups is 1. The molecule has 2 heteroatoms. The molecular formula is C14H19ClO. The van der Waals surface area contributed by atoms with E-state index >= 15 is 0 Å². The molecule has 0 saturated heterocycles. The minimum atomic E-state index is -0.393. The summed E-state index contributed by atoms with van der Waals surface area (Å²) in [5, 5.41) is 10.9. The van der Waals surface area contributed by atoms with Gasteiger partial charge in [-0.25, -0.2) is 0 Å². The van der Waals surface area contributed by atoms with E-state index in [1.807, 2.05) is 25.1 Å². The molecule has 2 rings (SSSR count). The lowest BCUT2D eigenvalue weighted by atomic mass is 9.95. The van der Waals surface area contributed by atoms with Gasteiger partial charge in [0.1, 0.15) is 0 Å². The largest absolute Gasteiger partial charge is 0.388 e. The number of aliphatic hydroxyl groups excluding tert-OH is 1. The Morgan fingerprint density at radius 1 is 1.38 bits per heavy atom. The van der Waals surface area contributed by atoms with Crippen LogP contribution >= 0.6 is 11.6 Å². The predicted molar refractivity (Wildman–Crippen MR) is 67.7 cm³/mol. The van der Waals surface area contributed by atoms with Gasteiger partial charge < -0.3 is 5.11 Å². The molecule has 88 valence electrons. The summed E-state index contributed by atoms with van der Waals surface area (Å²) in [5.74, 6) is 0.687. The number of hydrogen-bond donors (Lipinski definition) is 1. The first-order valence-electron chi connectivity index (χ1n) is 6.11. The second kappa shape index (κ2) is 5.20. The molecule has 16 heavy (non-hydrogen) atoms. The van der Waals surface area contributed by atoms with Crippen LogP contribution in [-0.2, 0) is 0 Å². The number of hydrogen-bond acceptors (Lipinski definition) is 1. The summed E-state index contributed by atoms with van der Waals surface area (Å²) in [4.78, 5) is 0. The van der Waals surface area contributed by atoms with Crippen LogP contribution in [0.25, 0.3) is 0 Å².